The first-order valence-electron chi connectivity index (χ1n) is 7.07. The third kappa shape index (κ3) is 5.17. The Bertz CT molecular complexity index is 743. The molecule has 0 aliphatic rings. The van der Waals surface area contributed by atoms with Gasteiger partial charge in [-0.3, -0.25) is 9.59 Å². The van der Waals surface area contributed by atoms with Crippen LogP contribution < -0.4 is 20.8 Å². The molecule has 0 aliphatic carbocycles. The van der Waals surface area contributed by atoms with Crippen molar-refractivity contribution in [3.63, 3.8) is 0 Å². The molecule has 8 nitrogen and oxygen atoms in total. The second-order valence-electron chi connectivity index (χ2n) is 5.00. The van der Waals surface area contributed by atoms with Crippen LogP contribution in [0.15, 0.2) is 48.5 Å². The van der Waals surface area contributed by atoms with E-state index in [0.717, 1.165) is 0 Å². The molecule has 128 valence electrons. The van der Waals surface area contributed by atoms with Crippen LogP contribution in [0, 0.1) is 0 Å². The molecule has 0 fully saturated rings. The average molecular weight is 340 g/mol. The lowest BCUT2D eigenvalue weighted by Gasteiger charge is -2.08. The van der Waals surface area contributed by atoms with Gasteiger partial charge in [-0.2, -0.15) is 0 Å². The first kappa shape index (κ1) is 17.7. The number of aromatic carboxylic acids is 2. The maximum atomic E-state index is 11.8. The van der Waals surface area contributed by atoms with Gasteiger partial charge in [0.1, 0.15) is 6.42 Å². The van der Waals surface area contributed by atoms with E-state index in [0.29, 0.717) is 11.4 Å². The fourth-order valence-electron chi connectivity index (χ4n) is 1.94. The zero-order valence-electron chi connectivity index (χ0n) is 12.8. The minimum atomic E-state index is -1.33. The Balaban J connectivity index is 1.88. The van der Waals surface area contributed by atoms with Crippen molar-refractivity contribution in [1.29, 1.82) is 0 Å². The van der Waals surface area contributed by atoms with Crippen LogP contribution in [0.1, 0.15) is 27.1 Å². The SMILES string of the molecule is O=C(CC(=O)Nc1ccc(C(=O)[O-])cc1)Nc1ccc(C(=O)[O-])cc1. The predicted octanol–water partition coefficient (Wildman–Crippen LogP) is -0.619. The van der Waals surface area contributed by atoms with Crippen LogP contribution in [0.5, 0.6) is 0 Å². The van der Waals surface area contributed by atoms with Crippen LogP contribution in [-0.2, 0) is 9.59 Å². The van der Waals surface area contributed by atoms with Crippen molar-refractivity contribution >= 4 is 35.1 Å². The number of amides is 2. The highest BCUT2D eigenvalue weighted by atomic mass is 16.4. The molecule has 2 aromatic carbocycles. The van der Waals surface area contributed by atoms with E-state index in [4.69, 9.17) is 0 Å². The quantitative estimate of drug-likeness (QED) is 0.672. The minimum Gasteiger partial charge on any atom is -0.545 e. The van der Waals surface area contributed by atoms with E-state index in [1.165, 1.54) is 48.5 Å². The molecule has 2 amide bonds. The molecule has 25 heavy (non-hydrogen) atoms. The molecule has 0 aliphatic heterocycles. The predicted molar refractivity (Wildman–Crippen MR) is 83.4 cm³/mol. The number of rotatable bonds is 6. The summed E-state index contributed by atoms with van der Waals surface area (Å²) in [5, 5.41) is 26.1. The number of carbonyl (C=O) groups is 4. The van der Waals surface area contributed by atoms with E-state index in [9.17, 15) is 29.4 Å². The second kappa shape index (κ2) is 7.73. The molecule has 0 saturated heterocycles. The largest absolute Gasteiger partial charge is 0.545 e. The number of anilines is 2. The number of hydrogen-bond donors (Lipinski definition) is 2. The van der Waals surface area contributed by atoms with Gasteiger partial charge in [-0.05, 0) is 35.4 Å². The molecule has 0 spiro atoms. The molecule has 0 saturated carbocycles. The Morgan fingerprint density at radius 2 is 0.960 bits per heavy atom. The smallest absolute Gasteiger partial charge is 0.233 e. The average Bonchev–Trinajstić information content (AvgIpc) is 2.55. The van der Waals surface area contributed by atoms with Gasteiger partial charge in [0.05, 0.1) is 11.9 Å². The van der Waals surface area contributed by atoms with Crippen LogP contribution in [0.3, 0.4) is 0 Å². The summed E-state index contributed by atoms with van der Waals surface area (Å²) in [6, 6.07) is 10.6. The fourth-order valence-corrected chi connectivity index (χ4v) is 1.94. The topological polar surface area (TPSA) is 138 Å². The maximum absolute atomic E-state index is 11.8. The van der Waals surface area contributed by atoms with Crippen molar-refractivity contribution in [2.75, 3.05) is 10.6 Å². The lowest BCUT2D eigenvalue weighted by atomic mass is 10.2. The zero-order chi connectivity index (χ0) is 18.4. The number of hydrogen-bond acceptors (Lipinski definition) is 6. The van der Waals surface area contributed by atoms with Gasteiger partial charge in [0.25, 0.3) is 0 Å². The van der Waals surface area contributed by atoms with Crippen molar-refractivity contribution < 1.29 is 29.4 Å². The summed E-state index contributed by atoms with van der Waals surface area (Å²) in [6.07, 6.45) is -0.468. The van der Waals surface area contributed by atoms with Crippen LogP contribution in [0.4, 0.5) is 11.4 Å². The van der Waals surface area contributed by atoms with Crippen molar-refractivity contribution in [3.05, 3.63) is 59.7 Å². The standard InChI is InChI=1S/C17H14N2O6/c20-14(18-12-5-1-10(2-6-12)16(22)23)9-15(21)19-13-7-3-11(4-8-13)17(24)25/h1-8H,9H2,(H,18,20)(H,19,21)(H,22,23)(H,24,25)/p-2. The fraction of sp³-hybridized carbons (Fsp3) is 0.0588. The number of nitrogens with one attached hydrogen (secondary N) is 2. The van der Waals surface area contributed by atoms with E-state index in [-0.39, 0.29) is 11.1 Å². The van der Waals surface area contributed by atoms with Crippen LogP contribution in [0.25, 0.3) is 0 Å². The Morgan fingerprint density at radius 1 is 0.640 bits per heavy atom. The molecule has 0 heterocycles. The molecular weight excluding hydrogens is 328 g/mol. The molecule has 8 heteroatoms. The number of benzene rings is 2. The van der Waals surface area contributed by atoms with Crippen LogP contribution in [0.2, 0.25) is 0 Å². The van der Waals surface area contributed by atoms with Gasteiger partial charge >= 0.3 is 0 Å². The van der Waals surface area contributed by atoms with Gasteiger partial charge < -0.3 is 30.4 Å². The van der Waals surface area contributed by atoms with Crippen molar-refractivity contribution in [2.24, 2.45) is 0 Å². The summed E-state index contributed by atoms with van der Waals surface area (Å²) >= 11 is 0. The van der Waals surface area contributed by atoms with Crippen molar-refractivity contribution in [3.8, 4) is 0 Å². The summed E-state index contributed by atoms with van der Waals surface area (Å²) in [7, 11) is 0. The van der Waals surface area contributed by atoms with Gasteiger partial charge in [-0.1, -0.05) is 24.3 Å². The van der Waals surface area contributed by atoms with E-state index < -0.39 is 30.2 Å². The number of carboxylic acid groups (broad SMARTS) is 2. The molecule has 2 aromatic rings. The van der Waals surface area contributed by atoms with Crippen molar-refractivity contribution in [2.45, 2.75) is 6.42 Å². The van der Waals surface area contributed by atoms with Gasteiger partial charge in [0.2, 0.25) is 11.8 Å². The summed E-state index contributed by atoms with van der Waals surface area (Å²) in [4.78, 5) is 44.8. The highest BCUT2D eigenvalue weighted by Crippen LogP contribution is 2.11. The Labute approximate surface area is 142 Å². The van der Waals surface area contributed by atoms with Gasteiger partial charge in [-0.25, -0.2) is 0 Å². The normalized spacial score (nSPS) is 9.92. The molecule has 2 rings (SSSR count). The van der Waals surface area contributed by atoms with E-state index in [2.05, 4.69) is 10.6 Å². The highest BCUT2D eigenvalue weighted by molar-refractivity contribution is 6.08. The summed E-state index contributed by atoms with van der Waals surface area (Å²) in [5.74, 6) is -3.85. The molecule has 0 bridgehead atoms. The third-order valence-corrected chi connectivity index (χ3v) is 3.13. The van der Waals surface area contributed by atoms with Gasteiger partial charge in [0.15, 0.2) is 0 Å². The van der Waals surface area contributed by atoms with E-state index >= 15 is 0 Å². The Hall–Kier alpha value is -3.68. The third-order valence-electron chi connectivity index (χ3n) is 3.13. The molecule has 0 aromatic heterocycles. The van der Waals surface area contributed by atoms with Gasteiger partial charge in [-0.15, -0.1) is 0 Å². The number of carbonyl (C=O) groups excluding carboxylic acids is 4. The van der Waals surface area contributed by atoms with Crippen LogP contribution >= 0.6 is 0 Å². The highest BCUT2D eigenvalue weighted by Gasteiger charge is 2.10. The molecule has 0 atom stereocenters. The lowest BCUT2D eigenvalue weighted by molar-refractivity contribution is -0.256. The molecule has 0 unspecified atom stereocenters. The Morgan fingerprint density at radius 3 is 1.24 bits per heavy atom. The first-order valence-corrected chi connectivity index (χ1v) is 7.07. The van der Waals surface area contributed by atoms with Gasteiger partial charge in [0, 0.05) is 11.4 Å². The summed E-state index contributed by atoms with van der Waals surface area (Å²) in [6.45, 7) is 0. The molecule has 0 radical (unpaired) electrons. The maximum Gasteiger partial charge on any atom is 0.233 e. The summed E-state index contributed by atoms with van der Waals surface area (Å²) < 4.78 is 0. The van der Waals surface area contributed by atoms with E-state index in [1.54, 1.807) is 0 Å². The molecule has 2 N–H and O–H groups in total. The monoisotopic (exact) mass is 340 g/mol. The lowest BCUT2D eigenvalue weighted by Crippen LogP contribution is -2.23. The second-order valence-corrected chi connectivity index (χ2v) is 5.00. The van der Waals surface area contributed by atoms with Crippen molar-refractivity contribution in [1.82, 2.24) is 0 Å². The molecular formula is C17H12N2O6-2. The first-order chi connectivity index (χ1) is 11.8. The Kier molecular flexibility index (Phi) is 5.47. The van der Waals surface area contributed by atoms with E-state index in [1.807, 2.05) is 0 Å². The summed E-state index contributed by atoms with van der Waals surface area (Å²) in [5.41, 5.74) is 0.605. The van der Waals surface area contributed by atoms with Crippen LogP contribution in [-0.4, -0.2) is 23.8 Å². The number of carboxylic acids is 2. The zero-order valence-corrected chi connectivity index (χ0v) is 12.8. The minimum absolute atomic E-state index is 0.0317.